The van der Waals surface area contributed by atoms with Crippen LogP contribution in [0.1, 0.15) is 68.1 Å². The number of hydrogen-bond donors (Lipinski definition) is 0. The molecule has 1 saturated carbocycles. The van der Waals surface area contributed by atoms with E-state index in [2.05, 4.69) is 11.8 Å². The number of thiophene rings is 1. The maximum absolute atomic E-state index is 13.0. The second-order valence-electron chi connectivity index (χ2n) is 7.73. The quantitative estimate of drug-likeness (QED) is 0.511. The van der Waals surface area contributed by atoms with Crippen LogP contribution in [0.2, 0.25) is 0 Å². The van der Waals surface area contributed by atoms with Crippen molar-refractivity contribution in [3.05, 3.63) is 16.3 Å². The number of hydrogen-bond acceptors (Lipinski definition) is 5. The topological polar surface area (TPSA) is 46.1 Å². The fraction of sp³-hybridized carbons (Fsp3) is 0.667. The summed E-state index contributed by atoms with van der Waals surface area (Å²) in [5.74, 6) is 1.57. The molecule has 6 heteroatoms. The molecule has 2 aromatic rings. The molecule has 2 aliphatic carbocycles. The standard InChI is InChI=1S/C21H29N3OS2/c1-3-24(15-9-5-4-6-10-15)18(25)13-26-20-19-16-11-7-8-12-17(16)27-21(19)23-14(2)22-20/h15H,3-13H2,1-2H3. The largest absolute Gasteiger partial charge is 0.339 e. The Bertz CT molecular complexity index is 826. The number of carbonyl (C=O) groups is 1. The third kappa shape index (κ3) is 4.02. The van der Waals surface area contributed by atoms with Gasteiger partial charge in [0.15, 0.2) is 0 Å². The summed E-state index contributed by atoms with van der Waals surface area (Å²) in [5, 5.41) is 2.25. The number of aromatic nitrogens is 2. The molecule has 0 radical (unpaired) electrons. The third-order valence-corrected chi connectivity index (χ3v) is 8.05. The fourth-order valence-corrected chi connectivity index (χ4v) is 6.93. The molecule has 0 saturated heterocycles. The lowest BCUT2D eigenvalue weighted by Crippen LogP contribution is -2.42. The van der Waals surface area contributed by atoms with Crippen LogP contribution in [-0.4, -0.2) is 39.1 Å². The van der Waals surface area contributed by atoms with Gasteiger partial charge in [-0.25, -0.2) is 9.97 Å². The number of fused-ring (bicyclic) bond motifs is 3. The van der Waals surface area contributed by atoms with Gasteiger partial charge in [0.25, 0.3) is 0 Å². The highest BCUT2D eigenvalue weighted by molar-refractivity contribution is 8.00. The Hall–Kier alpha value is -1.14. The molecule has 0 bridgehead atoms. The Morgan fingerprint density at radius 2 is 1.93 bits per heavy atom. The Morgan fingerprint density at radius 1 is 1.15 bits per heavy atom. The fourth-order valence-electron chi connectivity index (χ4n) is 4.57. The van der Waals surface area contributed by atoms with Crippen LogP contribution in [0.5, 0.6) is 0 Å². The summed E-state index contributed by atoms with van der Waals surface area (Å²) in [4.78, 5) is 27.1. The Labute approximate surface area is 170 Å². The van der Waals surface area contributed by atoms with Crippen molar-refractivity contribution in [1.82, 2.24) is 14.9 Å². The number of nitrogens with zero attached hydrogens (tertiary/aromatic N) is 3. The molecule has 27 heavy (non-hydrogen) atoms. The second kappa shape index (κ2) is 8.48. The maximum Gasteiger partial charge on any atom is 0.233 e. The van der Waals surface area contributed by atoms with E-state index in [-0.39, 0.29) is 5.91 Å². The first kappa shape index (κ1) is 19.2. The van der Waals surface area contributed by atoms with E-state index in [0.717, 1.165) is 28.6 Å². The molecule has 146 valence electrons. The Balaban J connectivity index is 1.54. The van der Waals surface area contributed by atoms with Gasteiger partial charge < -0.3 is 4.90 Å². The molecule has 0 aromatic carbocycles. The highest BCUT2D eigenvalue weighted by atomic mass is 32.2. The van der Waals surface area contributed by atoms with E-state index < -0.39 is 0 Å². The number of carbonyl (C=O) groups excluding carboxylic acids is 1. The Kier molecular flexibility index (Phi) is 6.02. The van der Waals surface area contributed by atoms with Crippen LogP contribution < -0.4 is 0 Å². The summed E-state index contributed by atoms with van der Waals surface area (Å²) in [7, 11) is 0. The van der Waals surface area contributed by atoms with Gasteiger partial charge in [-0.3, -0.25) is 4.79 Å². The molecule has 4 nitrogen and oxygen atoms in total. The maximum atomic E-state index is 13.0. The number of aryl methyl sites for hydroxylation is 3. The van der Waals surface area contributed by atoms with E-state index >= 15 is 0 Å². The van der Waals surface area contributed by atoms with Gasteiger partial charge >= 0.3 is 0 Å². The van der Waals surface area contributed by atoms with E-state index in [0.29, 0.717) is 11.8 Å². The van der Waals surface area contributed by atoms with E-state index in [4.69, 9.17) is 9.97 Å². The van der Waals surface area contributed by atoms with Crippen molar-refractivity contribution in [3.8, 4) is 0 Å². The smallest absolute Gasteiger partial charge is 0.233 e. The highest BCUT2D eigenvalue weighted by Gasteiger charge is 2.25. The zero-order valence-corrected chi connectivity index (χ0v) is 18.1. The minimum atomic E-state index is 0.267. The summed E-state index contributed by atoms with van der Waals surface area (Å²) in [5.41, 5.74) is 1.45. The van der Waals surface area contributed by atoms with Crippen LogP contribution >= 0.6 is 23.1 Å². The number of amides is 1. The lowest BCUT2D eigenvalue weighted by molar-refractivity contribution is -0.131. The van der Waals surface area contributed by atoms with Crippen molar-refractivity contribution >= 4 is 39.2 Å². The van der Waals surface area contributed by atoms with Crippen LogP contribution in [-0.2, 0) is 17.6 Å². The van der Waals surface area contributed by atoms with Crippen molar-refractivity contribution in [2.24, 2.45) is 0 Å². The number of thioether (sulfide) groups is 1. The summed E-state index contributed by atoms with van der Waals surface area (Å²) in [6.45, 7) is 4.89. The molecule has 1 amide bonds. The molecule has 0 aliphatic heterocycles. The van der Waals surface area contributed by atoms with Gasteiger partial charge in [-0.1, -0.05) is 31.0 Å². The van der Waals surface area contributed by atoms with E-state index in [1.807, 2.05) is 18.3 Å². The minimum absolute atomic E-state index is 0.267. The van der Waals surface area contributed by atoms with Gasteiger partial charge in [-0.15, -0.1) is 11.3 Å². The molecule has 4 rings (SSSR count). The first-order valence-electron chi connectivity index (χ1n) is 10.4. The van der Waals surface area contributed by atoms with Crippen LogP contribution in [0.25, 0.3) is 10.2 Å². The van der Waals surface area contributed by atoms with Gasteiger partial charge in [-0.2, -0.15) is 0 Å². The van der Waals surface area contributed by atoms with Gasteiger partial charge in [0.2, 0.25) is 5.91 Å². The zero-order valence-electron chi connectivity index (χ0n) is 16.4. The van der Waals surface area contributed by atoms with Crippen molar-refractivity contribution < 1.29 is 4.79 Å². The molecule has 2 heterocycles. The average Bonchev–Trinajstić information content (AvgIpc) is 3.05. The second-order valence-corrected chi connectivity index (χ2v) is 9.77. The average molecular weight is 404 g/mol. The minimum Gasteiger partial charge on any atom is -0.339 e. The summed E-state index contributed by atoms with van der Waals surface area (Å²) in [6, 6.07) is 0.443. The monoisotopic (exact) mass is 403 g/mol. The van der Waals surface area contributed by atoms with Crippen molar-refractivity contribution in [3.63, 3.8) is 0 Å². The first-order valence-corrected chi connectivity index (χ1v) is 12.2. The third-order valence-electron chi connectivity index (χ3n) is 5.90. The molecule has 0 unspecified atom stereocenters. The van der Waals surface area contributed by atoms with E-state index in [9.17, 15) is 4.79 Å². The first-order chi connectivity index (χ1) is 13.2. The van der Waals surface area contributed by atoms with Crippen molar-refractivity contribution in [2.75, 3.05) is 12.3 Å². The van der Waals surface area contributed by atoms with Crippen LogP contribution in [0.15, 0.2) is 5.03 Å². The lowest BCUT2D eigenvalue weighted by Gasteiger charge is -2.33. The predicted octanol–water partition coefficient (Wildman–Crippen LogP) is 5.15. The zero-order chi connectivity index (χ0) is 18.8. The van der Waals surface area contributed by atoms with Crippen LogP contribution in [0.4, 0.5) is 0 Å². The highest BCUT2D eigenvalue weighted by Crippen LogP contribution is 2.39. The molecule has 0 atom stereocenters. The molecule has 2 aliphatic rings. The summed E-state index contributed by atoms with van der Waals surface area (Å²) < 4.78 is 0. The van der Waals surface area contributed by atoms with Gasteiger partial charge in [0.1, 0.15) is 15.7 Å². The lowest BCUT2D eigenvalue weighted by atomic mass is 9.94. The summed E-state index contributed by atoms with van der Waals surface area (Å²) >= 11 is 3.46. The van der Waals surface area contributed by atoms with Gasteiger partial charge in [-0.05, 0) is 57.9 Å². The molecule has 0 spiro atoms. The van der Waals surface area contributed by atoms with Crippen LogP contribution in [0.3, 0.4) is 0 Å². The van der Waals surface area contributed by atoms with E-state index in [1.54, 1.807) is 11.8 Å². The molecule has 1 fully saturated rings. The summed E-state index contributed by atoms with van der Waals surface area (Å²) in [6.07, 6.45) is 11.0. The molecular formula is C21H29N3OS2. The normalized spacial score (nSPS) is 17.9. The van der Waals surface area contributed by atoms with Gasteiger partial charge in [0.05, 0.1) is 5.75 Å². The van der Waals surface area contributed by atoms with E-state index in [1.165, 1.54) is 67.2 Å². The Morgan fingerprint density at radius 3 is 2.70 bits per heavy atom. The van der Waals surface area contributed by atoms with Gasteiger partial charge in [0, 0.05) is 22.8 Å². The number of rotatable bonds is 5. The SMILES string of the molecule is CCN(C(=O)CSc1nc(C)nc2sc3c(c12)CCCC3)C1CCCCC1. The van der Waals surface area contributed by atoms with Crippen LogP contribution in [0, 0.1) is 6.92 Å². The molecule has 0 N–H and O–H groups in total. The van der Waals surface area contributed by atoms with Crippen molar-refractivity contribution in [2.45, 2.75) is 82.7 Å². The molecule has 2 aromatic heterocycles. The predicted molar refractivity (Wildman–Crippen MR) is 114 cm³/mol. The van der Waals surface area contributed by atoms with Crippen molar-refractivity contribution in [1.29, 1.82) is 0 Å². The molecular weight excluding hydrogens is 374 g/mol.